The summed E-state index contributed by atoms with van der Waals surface area (Å²) in [7, 11) is 1.57. The van der Waals surface area contributed by atoms with Gasteiger partial charge in [0.1, 0.15) is 18.1 Å². The first-order valence-corrected chi connectivity index (χ1v) is 9.17. The Hall–Kier alpha value is -3.80. The standard InChI is InChI=1S/C23H20N2O4/c1-28-16-12-19-22(20(13-16)29-11-10-26)21-17(23(24)27)8-5-9-18(21)25(19)14-15-6-3-2-4-7-15/h2-10,12-13H,11,14H2,1H3,(H2,24,27). The van der Waals surface area contributed by atoms with E-state index in [0.29, 0.717) is 35.3 Å². The molecule has 1 heterocycles. The van der Waals surface area contributed by atoms with Crippen LogP contribution in [0.2, 0.25) is 0 Å². The van der Waals surface area contributed by atoms with Crippen LogP contribution in [0.25, 0.3) is 21.8 Å². The quantitative estimate of drug-likeness (QED) is 0.491. The van der Waals surface area contributed by atoms with Crippen molar-refractivity contribution in [2.24, 2.45) is 5.73 Å². The van der Waals surface area contributed by atoms with Crippen LogP contribution in [0.4, 0.5) is 0 Å². The lowest BCUT2D eigenvalue weighted by Gasteiger charge is -2.11. The molecule has 0 bridgehead atoms. The van der Waals surface area contributed by atoms with Gasteiger partial charge in [0.05, 0.1) is 23.5 Å². The molecule has 1 amide bonds. The van der Waals surface area contributed by atoms with Gasteiger partial charge in [0.15, 0.2) is 6.29 Å². The van der Waals surface area contributed by atoms with E-state index in [4.69, 9.17) is 15.2 Å². The molecule has 4 aromatic rings. The molecule has 0 aliphatic heterocycles. The minimum atomic E-state index is -0.522. The highest BCUT2D eigenvalue weighted by Gasteiger charge is 2.21. The van der Waals surface area contributed by atoms with E-state index in [1.165, 1.54) is 0 Å². The van der Waals surface area contributed by atoms with Gasteiger partial charge < -0.3 is 19.8 Å². The summed E-state index contributed by atoms with van der Waals surface area (Å²) in [6.45, 7) is 0.482. The van der Waals surface area contributed by atoms with Crippen molar-refractivity contribution in [3.05, 3.63) is 71.8 Å². The van der Waals surface area contributed by atoms with Gasteiger partial charge in [0.2, 0.25) is 5.91 Å². The van der Waals surface area contributed by atoms with E-state index in [9.17, 15) is 9.59 Å². The molecule has 0 fully saturated rings. The van der Waals surface area contributed by atoms with Gasteiger partial charge in [-0.1, -0.05) is 36.4 Å². The molecular weight excluding hydrogens is 368 g/mol. The number of hydrogen-bond donors (Lipinski definition) is 1. The van der Waals surface area contributed by atoms with E-state index in [1.807, 2.05) is 48.5 Å². The fourth-order valence-corrected chi connectivity index (χ4v) is 3.70. The summed E-state index contributed by atoms with van der Waals surface area (Å²) in [6.07, 6.45) is 0.684. The number of benzene rings is 3. The molecule has 0 saturated heterocycles. The highest BCUT2D eigenvalue weighted by atomic mass is 16.5. The zero-order valence-corrected chi connectivity index (χ0v) is 15.9. The number of carbonyl (C=O) groups excluding carboxylic acids is 2. The third-order valence-electron chi connectivity index (χ3n) is 4.92. The molecule has 0 radical (unpaired) electrons. The van der Waals surface area contributed by atoms with E-state index in [-0.39, 0.29) is 6.61 Å². The number of ether oxygens (including phenoxy) is 2. The molecule has 29 heavy (non-hydrogen) atoms. The van der Waals surface area contributed by atoms with Gasteiger partial charge in [-0.25, -0.2) is 0 Å². The molecular formula is C23H20N2O4. The molecule has 4 rings (SSSR count). The topological polar surface area (TPSA) is 83.6 Å². The maximum atomic E-state index is 12.2. The van der Waals surface area contributed by atoms with Gasteiger partial charge in [-0.3, -0.25) is 9.59 Å². The minimum absolute atomic E-state index is 0.105. The first kappa shape index (κ1) is 18.6. The zero-order chi connectivity index (χ0) is 20.4. The Bertz CT molecular complexity index is 1210. The van der Waals surface area contributed by atoms with Gasteiger partial charge in [-0.05, 0) is 17.7 Å². The van der Waals surface area contributed by atoms with Gasteiger partial charge in [-0.15, -0.1) is 0 Å². The summed E-state index contributed by atoms with van der Waals surface area (Å²) >= 11 is 0. The average molecular weight is 388 g/mol. The number of nitrogens with two attached hydrogens (primary N) is 1. The van der Waals surface area contributed by atoms with E-state index in [2.05, 4.69) is 4.57 Å². The molecule has 3 aromatic carbocycles. The van der Waals surface area contributed by atoms with Gasteiger partial charge in [-0.2, -0.15) is 0 Å². The first-order valence-electron chi connectivity index (χ1n) is 9.17. The predicted octanol–water partition coefficient (Wildman–Crippen LogP) is 3.53. The Balaban J connectivity index is 2.10. The molecule has 146 valence electrons. The lowest BCUT2D eigenvalue weighted by molar-refractivity contribution is -0.109. The molecule has 0 unspecified atom stereocenters. The van der Waals surface area contributed by atoms with Crippen molar-refractivity contribution in [2.75, 3.05) is 13.7 Å². The normalized spacial score (nSPS) is 10.9. The zero-order valence-electron chi connectivity index (χ0n) is 15.9. The number of methoxy groups -OCH3 is 1. The molecule has 0 spiro atoms. The number of primary amides is 1. The van der Waals surface area contributed by atoms with Crippen molar-refractivity contribution < 1.29 is 19.1 Å². The number of hydrogen-bond acceptors (Lipinski definition) is 4. The van der Waals surface area contributed by atoms with Crippen LogP contribution < -0.4 is 15.2 Å². The lowest BCUT2D eigenvalue weighted by Crippen LogP contribution is -2.11. The molecule has 0 aliphatic rings. The number of aldehydes is 1. The summed E-state index contributed by atoms with van der Waals surface area (Å²) in [5, 5.41) is 1.43. The van der Waals surface area contributed by atoms with Gasteiger partial charge >= 0.3 is 0 Å². The monoisotopic (exact) mass is 388 g/mol. The summed E-state index contributed by atoms with van der Waals surface area (Å²) in [5.74, 6) is 0.541. The number of aromatic nitrogens is 1. The second-order valence-corrected chi connectivity index (χ2v) is 6.63. The second kappa shape index (κ2) is 7.67. The molecule has 0 atom stereocenters. The molecule has 6 heteroatoms. The number of carbonyl (C=O) groups is 2. The van der Waals surface area contributed by atoms with Crippen molar-refractivity contribution in [1.29, 1.82) is 0 Å². The Kier molecular flexibility index (Phi) is 4.91. The van der Waals surface area contributed by atoms with Crippen LogP contribution in [0.3, 0.4) is 0 Å². The van der Waals surface area contributed by atoms with Gasteiger partial charge in [0.25, 0.3) is 0 Å². The Morgan fingerprint density at radius 2 is 1.83 bits per heavy atom. The average Bonchev–Trinajstić information content (AvgIpc) is 3.06. The van der Waals surface area contributed by atoms with Gasteiger partial charge in [0, 0.05) is 29.6 Å². The highest BCUT2D eigenvalue weighted by molar-refractivity contribution is 6.20. The largest absolute Gasteiger partial charge is 0.497 e. The maximum absolute atomic E-state index is 12.2. The van der Waals surface area contributed by atoms with Crippen molar-refractivity contribution in [3.63, 3.8) is 0 Å². The van der Waals surface area contributed by atoms with E-state index < -0.39 is 5.91 Å². The van der Waals surface area contributed by atoms with E-state index in [0.717, 1.165) is 22.0 Å². The SMILES string of the molecule is COc1cc(OCC=O)c2c3c(C(N)=O)cccc3n(Cc3ccccc3)c2c1. The summed E-state index contributed by atoms with van der Waals surface area (Å²) in [6, 6.07) is 19.1. The smallest absolute Gasteiger partial charge is 0.249 e. The summed E-state index contributed by atoms with van der Waals surface area (Å²) in [5.41, 5.74) is 8.86. The molecule has 6 nitrogen and oxygen atoms in total. The Morgan fingerprint density at radius 3 is 2.52 bits per heavy atom. The Labute approximate surface area is 167 Å². The number of amides is 1. The number of rotatable bonds is 7. The lowest BCUT2D eigenvalue weighted by atomic mass is 10.1. The summed E-state index contributed by atoms with van der Waals surface area (Å²) < 4.78 is 13.3. The van der Waals surface area contributed by atoms with Crippen molar-refractivity contribution in [2.45, 2.75) is 6.54 Å². The third kappa shape index (κ3) is 3.29. The van der Waals surface area contributed by atoms with Crippen LogP contribution in [-0.4, -0.2) is 30.5 Å². The first-order chi connectivity index (χ1) is 14.1. The fourth-order valence-electron chi connectivity index (χ4n) is 3.70. The summed E-state index contributed by atoms with van der Waals surface area (Å²) in [4.78, 5) is 23.1. The van der Waals surface area contributed by atoms with Crippen LogP contribution in [0.5, 0.6) is 11.5 Å². The van der Waals surface area contributed by atoms with Crippen molar-refractivity contribution >= 4 is 34.0 Å². The van der Waals surface area contributed by atoms with Crippen molar-refractivity contribution in [1.82, 2.24) is 4.57 Å². The molecule has 0 aliphatic carbocycles. The maximum Gasteiger partial charge on any atom is 0.249 e. The number of nitrogens with zero attached hydrogens (tertiary/aromatic N) is 1. The van der Waals surface area contributed by atoms with E-state index in [1.54, 1.807) is 19.2 Å². The predicted molar refractivity (Wildman–Crippen MR) is 112 cm³/mol. The highest BCUT2D eigenvalue weighted by Crippen LogP contribution is 2.40. The van der Waals surface area contributed by atoms with Crippen molar-refractivity contribution in [3.8, 4) is 11.5 Å². The molecule has 1 aromatic heterocycles. The van der Waals surface area contributed by atoms with E-state index >= 15 is 0 Å². The molecule has 2 N–H and O–H groups in total. The van der Waals surface area contributed by atoms with Crippen LogP contribution in [0.15, 0.2) is 60.7 Å². The van der Waals surface area contributed by atoms with Crippen LogP contribution in [0.1, 0.15) is 15.9 Å². The third-order valence-corrected chi connectivity index (χ3v) is 4.92. The minimum Gasteiger partial charge on any atom is -0.497 e. The fraction of sp³-hybridized carbons (Fsp3) is 0.130. The van der Waals surface area contributed by atoms with Crippen LogP contribution in [0, 0.1) is 0 Å². The molecule has 0 saturated carbocycles. The van der Waals surface area contributed by atoms with Crippen LogP contribution >= 0.6 is 0 Å². The van der Waals surface area contributed by atoms with Crippen LogP contribution in [-0.2, 0) is 11.3 Å². The number of fused-ring (bicyclic) bond motifs is 3. The second-order valence-electron chi connectivity index (χ2n) is 6.63. The Morgan fingerprint density at radius 1 is 1.03 bits per heavy atom.